The number of unbranched alkanes of at least 4 members (excludes halogenated alkanes) is 12. The third kappa shape index (κ3) is 53.6. The lowest BCUT2D eigenvalue weighted by molar-refractivity contribution is -0.167. The number of allylic oxidation sites excluding steroid dienone is 28. The summed E-state index contributed by atoms with van der Waals surface area (Å²) in [5, 5.41) is 0. The van der Waals surface area contributed by atoms with Crippen molar-refractivity contribution in [3.05, 3.63) is 170 Å². The minimum Gasteiger partial charge on any atom is -0.462 e. The SMILES string of the molecule is CC\C=C/C=C\C=C/C=C\C=C\C=C/C=C\CCCCCC(=O)OCC(COC(=O)CCCCCCCC/C=C\C/C=C\C/C=C\CC)OC(=O)CCCCC/C=C\C/C=C\C/C=C\C/C=C\CC. The van der Waals surface area contributed by atoms with Crippen LogP contribution in [0.5, 0.6) is 0 Å². The van der Waals surface area contributed by atoms with E-state index >= 15 is 0 Å². The summed E-state index contributed by atoms with van der Waals surface area (Å²) in [5.41, 5.74) is 0. The largest absolute Gasteiger partial charge is 0.462 e. The minimum atomic E-state index is -0.830. The molecule has 0 rings (SSSR count). The molecule has 0 heterocycles. The first-order chi connectivity index (χ1) is 34.0. The molecular formula is C63H94O6. The molecule has 69 heavy (non-hydrogen) atoms. The Morgan fingerprint density at radius 1 is 0.304 bits per heavy atom. The molecule has 0 aromatic carbocycles. The highest BCUT2D eigenvalue weighted by molar-refractivity contribution is 5.71. The van der Waals surface area contributed by atoms with Gasteiger partial charge < -0.3 is 14.2 Å². The van der Waals surface area contributed by atoms with Gasteiger partial charge in [0.05, 0.1) is 0 Å². The molecule has 0 spiro atoms. The van der Waals surface area contributed by atoms with Gasteiger partial charge in [-0.05, 0) is 109 Å². The molecule has 0 aliphatic heterocycles. The second kappa shape index (κ2) is 55.4. The fourth-order valence-corrected chi connectivity index (χ4v) is 6.49. The van der Waals surface area contributed by atoms with E-state index in [1.807, 2.05) is 72.9 Å². The summed E-state index contributed by atoms with van der Waals surface area (Å²) in [5.74, 6) is -1.03. The predicted molar refractivity (Wildman–Crippen MR) is 297 cm³/mol. The van der Waals surface area contributed by atoms with Crippen LogP contribution in [0.1, 0.15) is 188 Å². The van der Waals surface area contributed by atoms with Crippen molar-refractivity contribution in [3.8, 4) is 0 Å². The van der Waals surface area contributed by atoms with E-state index < -0.39 is 6.10 Å². The van der Waals surface area contributed by atoms with Gasteiger partial charge in [-0.25, -0.2) is 0 Å². The van der Waals surface area contributed by atoms with Crippen LogP contribution in [-0.4, -0.2) is 37.2 Å². The van der Waals surface area contributed by atoms with E-state index in [2.05, 4.69) is 118 Å². The first kappa shape index (κ1) is 63.8. The van der Waals surface area contributed by atoms with E-state index in [0.29, 0.717) is 19.3 Å². The van der Waals surface area contributed by atoms with Gasteiger partial charge in [0.1, 0.15) is 13.2 Å². The Kier molecular flexibility index (Phi) is 51.2. The van der Waals surface area contributed by atoms with Crippen LogP contribution < -0.4 is 0 Å². The van der Waals surface area contributed by atoms with Crippen molar-refractivity contribution in [2.45, 2.75) is 194 Å². The third-order valence-electron chi connectivity index (χ3n) is 10.4. The minimum absolute atomic E-state index is 0.122. The molecule has 0 saturated carbocycles. The molecule has 382 valence electrons. The molecule has 6 heteroatoms. The van der Waals surface area contributed by atoms with Gasteiger partial charge in [0, 0.05) is 19.3 Å². The average molecular weight is 947 g/mol. The highest BCUT2D eigenvalue weighted by Gasteiger charge is 2.19. The van der Waals surface area contributed by atoms with Crippen molar-refractivity contribution >= 4 is 17.9 Å². The maximum absolute atomic E-state index is 12.8. The molecule has 0 fully saturated rings. The molecule has 1 atom stereocenters. The zero-order valence-corrected chi connectivity index (χ0v) is 43.5. The van der Waals surface area contributed by atoms with Gasteiger partial charge in [-0.3, -0.25) is 14.4 Å². The molecule has 0 aromatic rings. The maximum atomic E-state index is 12.8. The highest BCUT2D eigenvalue weighted by atomic mass is 16.6. The molecule has 1 unspecified atom stereocenters. The summed E-state index contributed by atoms with van der Waals surface area (Å²) in [6, 6.07) is 0. The Hall–Kier alpha value is -5.23. The Labute approximate surface area is 422 Å². The van der Waals surface area contributed by atoms with Crippen LogP contribution in [-0.2, 0) is 28.6 Å². The van der Waals surface area contributed by atoms with E-state index in [9.17, 15) is 14.4 Å². The number of carbonyl (C=O) groups is 3. The van der Waals surface area contributed by atoms with Crippen LogP contribution in [0.3, 0.4) is 0 Å². The van der Waals surface area contributed by atoms with E-state index in [4.69, 9.17) is 14.2 Å². The molecule has 0 bridgehead atoms. The molecule has 6 nitrogen and oxygen atoms in total. The van der Waals surface area contributed by atoms with E-state index in [-0.39, 0.29) is 44.0 Å². The van der Waals surface area contributed by atoms with Crippen molar-refractivity contribution in [1.82, 2.24) is 0 Å². The maximum Gasteiger partial charge on any atom is 0.306 e. The molecule has 0 aromatic heterocycles. The molecule has 0 aliphatic carbocycles. The summed E-state index contributed by atoms with van der Waals surface area (Å²) < 4.78 is 16.8. The molecule has 0 N–H and O–H groups in total. The second-order valence-electron chi connectivity index (χ2n) is 16.8. The van der Waals surface area contributed by atoms with Gasteiger partial charge in [0.15, 0.2) is 6.10 Å². The van der Waals surface area contributed by atoms with Gasteiger partial charge in [0.2, 0.25) is 0 Å². The van der Waals surface area contributed by atoms with Crippen molar-refractivity contribution in [2.24, 2.45) is 0 Å². The zero-order chi connectivity index (χ0) is 50.0. The Morgan fingerprint density at radius 3 is 1.00 bits per heavy atom. The number of ether oxygens (including phenoxy) is 3. The van der Waals surface area contributed by atoms with Gasteiger partial charge in [-0.15, -0.1) is 0 Å². The number of carbonyl (C=O) groups excluding carboxylic acids is 3. The van der Waals surface area contributed by atoms with Crippen LogP contribution in [0.2, 0.25) is 0 Å². The lowest BCUT2D eigenvalue weighted by Gasteiger charge is -2.18. The zero-order valence-electron chi connectivity index (χ0n) is 43.5. The second-order valence-corrected chi connectivity index (χ2v) is 16.8. The standard InChI is InChI=1S/C63H94O6/c1-4-7-10-13-16-19-22-25-28-31-32-33-36-38-41-44-47-50-53-56-62(65)68-59-60(69-63(66)57-54-51-48-45-42-39-35-30-27-24-21-18-15-12-9-6-3)58-67-61(64)55-52-49-46-43-40-37-34-29-26-23-20-17-14-11-8-5-2/h7-13,16-22,25-33,36,38-39,41-42,60H,4-6,14-15,23-24,34-35,37,40,43-59H2,1-3H3/b10-7-,11-8-,12-9-,16-13-,20-17-,21-18-,22-19-,28-25-,29-26-,30-27-,32-31+,36-33-,41-38-,42-39-. The normalized spacial score (nSPS) is 13.5. The van der Waals surface area contributed by atoms with Crippen LogP contribution in [0.4, 0.5) is 0 Å². The van der Waals surface area contributed by atoms with Gasteiger partial charge in [0.25, 0.3) is 0 Å². The quantitative estimate of drug-likeness (QED) is 0.0199. The van der Waals surface area contributed by atoms with Gasteiger partial charge in [-0.1, -0.05) is 229 Å². The van der Waals surface area contributed by atoms with Crippen LogP contribution in [0.25, 0.3) is 0 Å². The van der Waals surface area contributed by atoms with Gasteiger partial charge in [-0.2, -0.15) is 0 Å². The molecule has 0 amide bonds. The van der Waals surface area contributed by atoms with E-state index in [0.717, 1.165) is 122 Å². The molecule has 0 saturated heterocycles. The van der Waals surface area contributed by atoms with E-state index in [1.165, 1.54) is 12.8 Å². The summed E-state index contributed by atoms with van der Waals surface area (Å²) in [4.78, 5) is 38.1. The van der Waals surface area contributed by atoms with Crippen LogP contribution in [0.15, 0.2) is 170 Å². The number of rotatable bonds is 45. The average Bonchev–Trinajstić information content (AvgIpc) is 3.35. The van der Waals surface area contributed by atoms with Crippen LogP contribution in [0, 0.1) is 0 Å². The van der Waals surface area contributed by atoms with Crippen molar-refractivity contribution in [2.75, 3.05) is 13.2 Å². The Morgan fingerprint density at radius 2 is 0.594 bits per heavy atom. The Bertz CT molecular complexity index is 1650. The fraction of sp³-hybridized carbons (Fsp3) is 0.508. The number of esters is 3. The van der Waals surface area contributed by atoms with Crippen molar-refractivity contribution in [3.63, 3.8) is 0 Å². The smallest absolute Gasteiger partial charge is 0.306 e. The van der Waals surface area contributed by atoms with E-state index in [1.54, 1.807) is 0 Å². The Balaban J connectivity index is 4.61. The lowest BCUT2D eigenvalue weighted by Crippen LogP contribution is -2.30. The summed E-state index contributed by atoms with van der Waals surface area (Å²) >= 11 is 0. The predicted octanol–water partition coefficient (Wildman–Crippen LogP) is 18.0. The summed E-state index contributed by atoms with van der Waals surface area (Å²) in [6.45, 7) is 6.16. The topological polar surface area (TPSA) is 78.9 Å². The lowest BCUT2D eigenvalue weighted by atomic mass is 10.1. The first-order valence-electron chi connectivity index (χ1n) is 26.7. The van der Waals surface area contributed by atoms with Gasteiger partial charge >= 0.3 is 17.9 Å². The highest BCUT2D eigenvalue weighted by Crippen LogP contribution is 2.12. The molecule has 0 aliphatic rings. The number of hydrogen-bond donors (Lipinski definition) is 0. The summed E-state index contributed by atoms with van der Waals surface area (Å²) in [7, 11) is 0. The molecule has 0 radical (unpaired) electrons. The van der Waals surface area contributed by atoms with Crippen molar-refractivity contribution < 1.29 is 28.6 Å². The molecular weight excluding hydrogens is 853 g/mol. The fourth-order valence-electron chi connectivity index (χ4n) is 6.49. The van der Waals surface area contributed by atoms with Crippen molar-refractivity contribution in [1.29, 1.82) is 0 Å². The first-order valence-corrected chi connectivity index (χ1v) is 26.7. The summed E-state index contributed by atoms with van der Waals surface area (Å²) in [6.07, 6.45) is 81.8. The van der Waals surface area contributed by atoms with Crippen LogP contribution >= 0.6 is 0 Å². The third-order valence-corrected chi connectivity index (χ3v) is 10.4. The monoisotopic (exact) mass is 947 g/mol. The number of hydrogen-bond acceptors (Lipinski definition) is 6.